The Bertz CT molecular complexity index is 1360. The van der Waals surface area contributed by atoms with Crippen molar-refractivity contribution in [2.24, 2.45) is 28.3 Å². The molecule has 3 aromatic rings. The highest BCUT2D eigenvalue weighted by molar-refractivity contribution is 7.92. The second kappa shape index (κ2) is 8.85. The third kappa shape index (κ3) is 4.41. The van der Waals surface area contributed by atoms with Gasteiger partial charge >= 0.3 is 0 Å². The molecule has 0 aliphatic heterocycles. The molecule has 10 heteroatoms. The molecule has 0 spiro atoms. The lowest BCUT2D eigenvalue weighted by Crippen LogP contribution is -2.52. The second-order valence-electron chi connectivity index (χ2n) is 10.3. The molecule has 4 fully saturated rings. The summed E-state index contributed by atoms with van der Waals surface area (Å²) < 4.78 is 33.3. The third-order valence-corrected chi connectivity index (χ3v) is 9.09. The second-order valence-corrected chi connectivity index (χ2v) is 12.0. The molecule has 0 radical (unpaired) electrons. The van der Waals surface area contributed by atoms with Crippen molar-refractivity contribution in [3.63, 3.8) is 0 Å². The van der Waals surface area contributed by atoms with E-state index in [9.17, 15) is 13.2 Å². The molecule has 7 rings (SSSR count). The fraction of sp³-hybridized carbons (Fsp3) is 0.385. The van der Waals surface area contributed by atoms with Crippen LogP contribution in [0.5, 0.6) is 0 Å². The molecule has 0 unspecified atom stereocenters. The predicted octanol–water partition coefficient (Wildman–Crippen LogP) is 4.20. The fourth-order valence-electron chi connectivity index (χ4n) is 6.57. The van der Waals surface area contributed by atoms with Gasteiger partial charge in [-0.25, -0.2) is 28.5 Å². The van der Waals surface area contributed by atoms with Crippen LogP contribution in [0, 0.1) is 23.2 Å². The fourth-order valence-corrected chi connectivity index (χ4v) is 7.53. The zero-order chi connectivity index (χ0) is 24.8. The standard InChI is InChI=1S/C26H27N5O4S/c32-24(26-13-17-10-18(14-26)12-19(11-17)15-26)30-29-16-21-4-7-23(35-21)20-2-5-22(6-3-20)36(33,34)31-25-27-8-1-9-28-25/h1-9,16-19H,10-15H2,(H,30,32)(H,27,28,31)/b29-16+. The summed E-state index contributed by atoms with van der Waals surface area (Å²) in [4.78, 5) is 20.9. The Kier molecular flexibility index (Phi) is 5.63. The zero-order valence-electron chi connectivity index (χ0n) is 19.6. The molecule has 1 aromatic carbocycles. The van der Waals surface area contributed by atoms with Crippen LogP contribution in [0.15, 0.2) is 69.3 Å². The zero-order valence-corrected chi connectivity index (χ0v) is 20.4. The molecule has 9 nitrogen and oxygen atoms in total. The maximum absolute atomic E-state index is 13.0. The van der Waals surface area contributed by atoms with Crippen molar-refractivity contribution >= 4 is 28.1 Å². The molecule has 36 heavy (non-hydrogen) atoms. The lowest BCUT2D eigenvalue weighted by atomic mass is 9.49. The highest BCUT2D eigenvalue weighted by Gasteiger charge is 2.54. The number of benzene rings is 1. The number of hydrogen-bond donors (Lipinski definition) is 2. The van der Waals surface area contributed by atoms with Gasteiger partial charge in [0.15, 0.2) is 0 Å². The van der Waals surface area contributed by atoms with Gasteiger partial charge in [0.2, 0.25) is 11.9 Å². The number of amides is 1. The van der Waals surface area contributed by atoms with Crippen molar-refractivity contribution < 1.29 is 17.6 Å². The average molecular weight is 506 g/mol. The lowest BCUT2D eigenvalue weighted by Gasteiger charge is -2.55. The van der Waals surface area contributed by atoms with Crippen LogP contribution in [-0.2, 0) is 14.8 Å². The van der Waals surface area contributed by atoms with Gasteiger partial charge in [0.1, 0.15) is 11.5 Å². The molecule has 4 saturated carbocycles. The Hall–Kier alpha value is -3.53. The van der Waals surface area contributed by atoms with Gasteiger partial charge in [-0.2, -0.15) is 5.10 Å². The number of hydrogen-bond acceptors (Lipinski definition) is 7. The van der Waals surface area contributed by atoms with Gasteiger partial charge in [0.25, 0.3) is 10.0 Å². The number of aromatic nitrogens is 2. The maximum atomic E-state index is 13.0. The largest absolute Gasteiger partial charge is 0.455 e. The van der Waals surface area contributed by atoms with Gasteiger partial charge in [0, 0.05) is 18.0 Å². The number of anilines is 1. The smallest absolute Gasteiger partial charge is 0.264 e. The Balaban J connectivity index is 1.09. The molecule has 4 aliphatic rings. The summed E-state index contributed by atoms with van der Waals surface area (Å²) in [5, 5.41) is 4.17. The topological polar surface area (TPSA) is 127 Å². The van der Waals surface area contributed by atoms with E-state index in [1.807, 2.05) is 0 Å². The number of furan rings is 1. The first-order chi connectivity index (χ1) is 17.4. The van der Waals surface area contributed by atoms with E-state index in [0.717, 1.165) is 19.3 Å². The van der Waals surface area contributed by atoms with E-state index in [4.69, 9.17) is 4.42 Å². The Morgan fingerprint density at radius 2 is 1.61 bits per heavy atom. The minimum atomic E-state index is -3.81. The molecule has 0 atom stereocenters. The van der Waals surface area contributed by atoms with Crippen LogP contribution < -0.4 is 10.1 Å². The Morgan fingerprint density at radius 1 is 0.972 bits per heavy atom. The average Bonchev–Trinajstić information content (AvgIpc) is 3.32. The normalized spacial score (nSPS) is 26.8. The SMILES string of the molecule is O=C(N/N=C/c1ccc(-c2ccc(S(=O)(=O)Nc3ncccn3)cc2)o1)C12CC3CC(CC(C3)C1)C2. The summed E-state index contributed by atoms with van der Waals surface area (Å²) in [5.74, 6) is 3.19. The number of rotatable bonds is 7. The van der Waals surface area contributed by atoms with Gasteiger partial charge in [-0.15, -0.1) is 0 Å². The highest BCUT2D eigenvalue weighted by atomic mass is 32.2. The van der Waals surface area contributed by atoms with Gasteiger partial charge < -0.3 is 4.42 Å². The highest BCUT2D eigenvalue weighted by Crippen LogP contribution is 2.60. The van der Waals surface area contributed by atoms with E-state index in [-0.39, 0.29) is 22.2 Å². The summed E-state index contributed by atoms with van der Waals surface area (Å²) in [5.41, 5.74) is 3.23. The van der Waals surface area contributed by atoms with Crippen LogP contribution >= 0.6 is 0 Å². The van der Waals surface area contributed by atoms with Crippen LogP contribution in [0.3, 0.4) is 0 Å². The van der Waals surface area contributed by atoms with Gasteiger partial charge in [-0.3, -0.25) is 4.79 Å². The van der Waals surface area contributed by atoms with Crippen LogP contribution in [0.4, 0.5) is 5.95 Å². The summed E-state index contributed by atoms with van der Waals surface area (Å²) in [7, 11) is -3.81. The van der Waals surface area contributed by atoms with Crippen molar-refractivity contribution in [3.05, 3.63) is 60.6 Å². The number of nitrogens with one attached hydrogen (secondary N) is 2. The third-order valence-electron chi connectivity index (χ3n) is 7.75. The van der Waals surface area contributed by atoms with Crippen LogP contribution in [0.1, 0.15) is 44.3 Å². The van der Waals surface area contributed by atoms with Crippen molar-refractivity contribution in [1.82, 2.24) is 15.4 Å². The number of nitrogens with zero attached hydrogens (tertiary/aromatic N) is 3. The van der Waals surface area contributed by atoms with E-state index in [0.29, 0.717) is 34.8 Å². The number of carbonyl (C=O) groups is 1. The molecule has 2 heterocycles. The van der Waals surface area contributed by atoms with Crippen LogP contribution in [0.25, 0.3) is 11.3 Å². The first-order valence-corrected chi connectivity index (χ1v) is 13.7. The lowest BCUT2D eigenvalue weighted by molar-refractivity contribution is -0.146. The van der Waals surface area contributed by atoms with E-state index < -0.39 is 10.0 Å². The quantitative estimate of drug-likeness (QED) is 0.366. The predicted molar refractivity (Wildman–Crippen MR) is 133 cm³/mol. The van der Waals surface area contributed by atoms with E-state index in [1.165, 1.54) is 50.0 Å². The van der Waals surface area contributed by atoms with E-state index in [1.54, 1.807) is 30.3 Å². The number of carbonyl (C=O) groups excluding carboxylic acids is 1. The first-order valence-electron chi connectivity index (χ1n) is 12.2. The van der Waals surface area contributed by atoms with Crippen molar-refractivity contribution in [1.29, 1.82) is 0 Å². The Labute approximate surface area is 209 Å². The maximum Gasteiger partial charge on any atom is 0.264 e. The molecule has 186 valence electrons. The van der Waals surface area contributed by atoms with Crippen molar-refractivity contribution in [2.45, 2.75) is 43.4 Å². The minimum Gasteiger partial charge on any atom is -0.455 e. The molecule has 1 amide bonds. The first kappa shape index (κ1) is 22.9. The van der Waals surface area contributed by atoms with Crippen LogP contribution in [0.2, 0.25) is 0 Å². The molecule has 4 bridgehead atoms. The van der Waals surface area contributed by atoms with E-state index >= 15 is 0 Å². The summed E-state index contributed by atoms with van der Waals surface area (Å²) in [6, 6.07) is 11.4. The van der Waals surface area contributed by atoms with Gasteiger partial charge in [-0.05, 0) is 98.7 Å². The summed E-state index contributed by atoms with van der Waals surface area (Å²) >= 11 is 0. The monoisotopic (exact) mass is 505 g/mol. The molecular formula is C26H27N5O4S. The molecule has 2 aromatic heterocycles. The van der Waals surface area contributed by atoms with Crippen LogP contribution in [-0.4, -0.2) is 30.5 Å². The van der Waals surface area contributed by atoms with Gasteiger partial charge in [-0.1, -0.05) is 0 Å². The summed E-state index contributed by atoms with van der Waals surface area (Å²) in [6.07, 6.45) is 11.3. The van der Waals surface area contributed by atoms with Crippen molar-refractivity contribution in [2.75, 3.05) is 4.72 Å². The number of hydrazone groups is 1. The minimum absolute atomic E-state index is 0.00632. The van der Waals surface area contributed by atoms with Crippen molar-refractivity contribution in [3.8, 4) is 11.3 Å². The Morgan fingerprint density at radius 3 is 2.25 bits per heavy atom. The molecule has 4 aliphatic carbocycles. The summed E-state index contributed by atoms with van der Waals surface area (Å²) in [6.45, 7) is 0. The molecule has 2 N–H and O–H groups in total. The molecular weight excluding hydrogens is 478 g/mol. The van der Waals surface area contributed by atoms with E-state index in [2.05, 4.69) is 25.2 Å². The molecule has 0 saturated heterocycles. The number of sulfonamides is 1. The van der Waals surface area contributed by atoms with Gasteiger partial charge in [0.05, 0.1) is 16.5 Å².